The lowest BCUT2D eigenvalue weighted by atomic mass is 9.95. The molecule has 0 radical (unpaired) electrons. The van der Waals surface area contributed by atoms with Crippen molar-refractivity contribution in [2.24, 2.45) is 5.73 Å². The van der Waals surface area contributed by atoms with Gasteiger partial charge in [0.1, 0.15) is 11.6 Å². The Hall–Kier alpha value is -1.62. The first-order valence-corrected chi connectivity index (χ1v) is 7.09. The third kappa shape index (κ3) is 4.49. The molecule has 2 rings (SSSR count). The molecule has 1 aliphatic carbocycles. The lowest BCUT2D eigenvalue weighted by Crippen LogP contribution is -2.38. The van der Waals surface area contributed by atoms with E-state index in [1.807, 2.05) is 0 Å². The first-order valence-electron chi connectivity index (χ1n) is 7.09. The molecule has 0 bridgehead atoms. The Morgan fingerprint density at radius 3 is 2.75 bits per heavy atom. The third-order valence-corrected chi connectivity index (χ3v) is 3.51. The number of halogens is 1. The minimum absolute atomic E-state index is 0.0933. The van der Waals surface area contributed by atoms with Crippen molar-refractivity contribution in [1.82, 2.24) is 5.32 Å². The molecule has 1 aromatic carbocycles. The first kappa shape index (κ1) is 14.8. The molecule has 110 valence electrons. The second-order valence-corrected chi connectivity index (χ2v) is 5.19. The van der Waals surface area contributed by atoms with E-state index in [1.54, 1.807) is 6.07 Å². The minimum Gasteiger partial charge on any atom is -0.484 e. The number of carbonyl (C=O) groups excluding carboxylic acids is 1. The summed E-state index contributed by atoms with van der Waals surface area (Å²) >= 11 is 0. The van der Waals surface area contributed by atoms with Crippen molar-refractivity contribution in [3.05, 3.63) is 29.6 Å². The molecule has 20 heavy (non-hydrogen) atoms. The van der Waals surface area contributed by atoms with E-state index < -0.39 is 5.82 Å². The Morgan fingerprint density at radius 2 is 2.05 bits per heavy atom. The Bertz CT molecular complexity index is 459. The van der Waals surface area contributed by atoms with Crippen LogP contribution in [-0.2, 0) is 11.3 Å². The monoisotopic (exact) mass is 280 g/mol. The predicted octanol–water partition coefficient (Wildman–Crippen LogP) is 2.11. The number of nitrogens with two attached hydrogens (primary N) is 1. The van der Waals surface area contributed by atoms with Crippen LogP contribution in [0, 0.1) is 5.82 Å². The summed E-state index contributed by atoms with van der Waals surface area (Å²) in [6.45, 7) is 0.145. The highest BCUT2D eigenvalue weighted by Gasteiger charge is 2.15. The summed E-state index contributed by atoms with van der Waals surface area (Å²) in [7, 11) is 0. The minimum atomic E-state index is -0.407. The molecule has 1 aliphatic rings. The smallest absolute Gasteiger partial charge is 0.258 e. The van der Waals surface area contributed by atoms with E-state index in [1.165, 1.54) is 18.6 Å². The van der Waals surface area contributed by atoms with Gasteiger partial charge in [-0.3, -0.25) is 4.79 Å². The predicted molar refractivity (Wildman–Crippen MR) is 74.8 cm³/mol. The van der Waals surface area contributed by atoms with E-state index in [2.05, 4.69) is 5.32 Å². The fraction of sp³-hybridized carbons (Fsp3) is 0.533. The number of hydrogen-bond acceptors (Lipinski definition) is 3. The number of carbonyl (C=O) groups is 1. The fourth-order valence-electron chi connectivity index (χ4n) is 2.49. The van der Waals surface area contributed by atoms with Gasteiger partial charge in [-0.15, -0.1) is 0 Å². The van der Waals surface area contributed by atoms with Crippen LogP contribution in [0.1, 0.15) is 37.7 Å². The van der Waals surface area contributed by atoms with Crippen LogP contribution >= 0.6 is 0 Å². The molecule has 0 aliphatic heterocycles. The molecule has 0 saturated heterocycles. The standard InChI is InChI=1S/C15H21FN2O2/c16-12-6-11(9-17)7-14(8-12)20-10-15(19)18-13-4-2-1-3-5-13/h6-8,13H,1-5,9-10,17H2,(H,18,19). The van der Waals surface area contributed by atoms with Gasteiger partial charge in [-0.05, 0) is 30.5 Å². The maximum absolute atomic E-state index is 13.3. The van der Waals surface area contributed by atoms with Crippen LogP contribution in [0.25, 0.3) is 0 Å². The first-order chi connectivity index (χ1) is 9.67. The number of hydrogen-bond donors (Lipinski definition) is 2. The van der Waals surface area contributed by atoms with E-state index >= 15 is 0 Å². The van der Waals surface area contributed by atoms with E-state index in [9.17, 15) is 9.18 Å². The van der Waals surface area contributed by atoms with Crippen LogP contribution in [-0.4, -0.2) is 18.6 Å². The molecule has 3 N–H and O–H groups in total. The summed E-state index contributed by atoms with van der Waals surface area (Å²) in [6.07, 6.45) is 5.63. The number of benzene rings is 1. The van der Waals surface area contributed by atoms with Crippen molar-refractivity contribution in [2.75, 3.05) is 6.61 Å². The highest BCUT2D eigenvalue weighted by Crippen LogP contribution is 2.18. The van der Waals surface area contributed by atoms with Gasteiger partial charge in [0, 0.05) is 18.7 Å². The third-order valence-electron chi connectivity index (χ3n) is 3.51. The molecule has 0 spiro atoms. The van der Waals surface area contributed by atoms with Gasteiger partial charge in [0.05, 0.1) is 0 Å². The van der Waals surface area contributed by atoms with E-state index in [0.717, 1.165) is 25.7 Å². The summed E-state index contributed by atoms with van der Waals surface area (Å²) < 4.78 is 18.6. The zero-order valence-electron chi connectivity index (χ0n) is 11.5. The van der Waals surface area contributed by atoms with Gasteiger partial charge in [0.25, 0.3) is 5.91 Å². The molecular formula is C15H21FN2O2. The number of amides is 1. The van der Waals surface area contributed by atoms with Crippen molar-refractivity contribution in [2.45, 2.75) is 44.7 Å². The molecule has 4 nitrogen and oxygen atoms in total. The second-order valence-electron chi connectivity index (χ2n) is 5.19. The van der Waals surface area contributed by atoms with Gasteiger partial charge in [-0.25, -0.2) is 4.39 Å². The average molecular weight is 280 g/mol. The summed E-state index contributed by atoms with van der Waals surface area (Å²) in [4.78, 5) is 11.8. The van der Waals surface area contributed by atoms with E-state index in [-0.39, 0.29) is 25.1 Å². The average Bonchev–Trinajstić information content (AvgIpc) is 2.45. The normalized spacial score (nSPS) is 15.9. The summed E-state index contributed by atoms with van der Waals surface area (Å²) in [5.74, 6) is -0.227. The van der Waals surface area contributed by atoms with Crippen molar-refractivity contribution < 1.29 is 13.9 Å². The molecule has 0 heterocycles. The summed E-state index contributed by atoms with van der Waals surface area (Å²) in [6, 6.07) is 4.52. The number of rotatable bonds is 5. The Labute approximate surface area is 118 Å². The molecule has 1 saturated carbocycles. The quantitative estimate of drug-likeness (QED) is 0.868. The maximum Gasteiger partial charge on any atom is 0.258 e. The molecule has 1 fully saturated rings. The topological polar surface area (TPSA) is 64.3 Å². The summed E-state index contributed by atoms with van der Waals surface area (Å²) in [5, 5.41) is 2.95. The highest BCUT2D eigenvalue weighted by molar-refractivity contribution is 5.77. The Morgan fingerprint density at radius 1 is 1.30 bits per heavy atom. The lowest BCUT2D eigenvalue weighted by Gasteiger charge is -2.22. The lowest BCUT2D eigenvalue weighted by molar-refractivity contribution is -0.124. The van der Waals surface area contributed by atoms with Gasteiger partial charge in [-0.1, -0.05) is 19.3 Å². The molecule has 0 unspecified atom stereocenters. The van der Waals surface area contributed by atoms with Crippen LogP contribution in [0.15, 0.2) is 18.2 Å². The molecule has 0 atom stereocenters. The molecule has 5 heteroatoms. The highest BCUT2D eigenvalue weighted by atomic mass is 19.1. The molecule has 1 amide bonds. The number of nitrogens with one attached hydrogen (secondary N) is 1. The van der Waals surface area contributed by atoms with Gasteiger partial charge in [0.15, 0.2) is 6.61 Å². The van der Waals surface area contributed by atoms with E-state index in [0.29, 0.717) is 11.3 Å². The van der Waals surface area contributed by atoms with Crippen molar-refractivity contribution in [1.29, 1.82) is 0 Å². The van der Waals surface area contributed by atoms with Crippen LogP contribution in [0.3, 0.4) is 0 Å². The van der Waals surface area contributed by atoms with Crippen LogP contribution in [0.4, 0.5) is 4.39 Å². The fourth-order valence-corrected chi connectivity index (χ4v) is 2.49. The zero-order chi connectivity index (χ0) is 14.4. The molecular weight excluding hydrogens is 259 g/mol. The van der Waals surface area contributed by atoms with Crippen molar-refractivity contribution in [3.8, 4) is 5.75 Å². The van der Waals surface area contributed by atoms with E-state index in [4.69, 9.17) is 10.5 Å². The van der Waals surface area contributed by atoms with Crippen LogP contribution < -0.4 is 15.8 Å². The molecule has 1 aromatic rings. The Balaban J connectivity index is 1.81. The van der Waals surface area contributed by atoms with Crippen LogP contribution in [0.5, 0.6) is 5.75 Å². The summed E-state index contributed by atoms with van der Waals surface area (Å²) in [5.41, 5.74) is 6.11. The van der Waals surface area contributed by atoms with Gasteiger partial charge in [0.2, 0.25) is 0 Å². The van der Waals surface area contributed by atoms with Crippen LogP contribution in [0.2, 0.25) is 0 Å². The largest absolute Gasteiger partial charge is 0.484 e. The molecule has 0 aromatic heterocycles. The van der Waals surface area contributed by atoms with Gasteiger partial charge >= 0.3 is 0 Å². The van der Waals surface area contributed by atoms with Gasteiger partial charge < -0.3 is 15.8 Å². The zero-order valence-corrected chi connectivity index (χ0v) is 11.5. The van der Waals surface area contributed by atoms with Gasteiger partial charge in [-0.2, -0.15) is 0 Å². The Kier molecular flexibility index (Phi) is 5.35. The number of ether oxygens (including phenoxy) is 1. The second kappa shape index (κ2) is 7.24. The SMILES string of the molecule is NCc1cc(F)cc(OCC(=O)NC2CCCCC2)c1. The van der Waals surface area contributed by atoms with Crippen molar-refractivity contribution in [3.63, 3.8) is 0 Å². The van der Waals surface area contributed by atoms with Crippen molar-refractivity contribution >= 4 is 5.91 Å². The maximum atomic E-state index is 13.3.